The molecular formula is C22H36N4O4S. The van der Waals surface area contributed by atoms with E-state index in [4.69, 9.17) is 4.74 Å². The van der Waals surface area contributed by atoms with Gasteiger partial charge in [-0.15, -0.1) is 0 Å². The monoisotopic (exact) mass is 452 g/mol. The van der Waals surface area contributed by atoms with E-state index in [9.17, 15) is 13.2 Å². The van der Waals surface area contributed by atoms with Crippen molar-refractivity contribution in [2.45, 2.75) is 71.0 Å². The third kappa shape index (κ3) is 6.11. The van der Waals surface area contributed by atoms with Crippen LogP contribution in [-0.4, -0.2) is 69.0 Å². The van der Waals surface area contributed by atoms with Crippen LogP contribution in [0, 0.1) is 6.92 Å². The highest BCUT2D eigenvalue weighted by Gasteiger charge is 2.28. The Bertz CT molecular complexity index is 871. The van der Waals surface area contributed by atoms with Gasteiger partial charge in [0.15, 0.2) is 0 Å². The van der Waals surface area contributed by atoms with E-state index in [1.54, 1.807) is 18.7 Å². The molecule has 0 aliphatic carbocycles. The zero-order valence-corrected chi connectivity index (χ0v) is 20.0. The first-order chi connectivity index (χ1) is 14.5. The number of likely N-dealkylation sites (tertiary alicyclic amines) is 1. The summed E-state index contributed by atoms with van der Waals surface area (Å²) in [5, 5.41) is 2.56. The molecule has 3 rings (SSSR count). The summed E-state index contributed by atoms with van der Waals surface area (Å²) in [4.78, 5) is 16.8. The van der Waals surface area contributed by atoms with Crippen molar-refractivity contribution in [3.63, 3.8) is 0 Å². The summed E-state index contributed by atoms with van der Waals surface area (Å²) in [5.74, 6) is 0. The van der Waals surface area contributed by atoms with E-state index in [1.807, 2.05) is 19.1 Å². The van der Waals surface area contributed by atoms with E-state index in [0.29, 0.717) is 25.9 Å². The highest BCUT2D eigenvalue weighted by molar-refractivity contribution is 7.90. The number of hydrogen-bond donors (Lipinski definition) is 2. The molecule has 1 aromatic rings. The normalized spacial score (nSPS) is 23.3. The largest absolute Gasteiger partial charge is 0.372 e. The molecule has 1 aromatic carbocycles. The number of carbonyl (C=O) groups excluding carboxylic acids is 1. The first-order valence-electron chi connectivity index (χ1n) is 11.1. The van der Waals surface area contributed by atoms with Crippen LogP contribution in [0.5, 0.6) is 0 Å². The number of rotatable bonds is 5. The van der Waals surface area contributed by atoms with Crippen molar-refractivity contribution in [1.82, 2.24) is 9.62 Å². The average Bonchev–Trinajstić information content (AvgIpc) is 2.69. The Morgan fingerprint density at radius 1 is 1.13 bits per heavy atom. The Labute approximate surface area is 186 Å². The quantitative estimate of drug-likeness (QED) is 0.717. The second-order valence-corrected chi connectivity index (χ2v) is 11.3. The molecule has 2 heterocycles. The summed E-state index contributed by atoms with van der Waals surface area (Å²) in [6, 6.07) is 5.84. The summed E-state index contributed by atoms with van der Waals surface area (Å²) < 4.78 is 32.7. The fraction of sp³-hybridized carbons (Fsp3) is 0.682. The lowest BCUT2D eigenvalue weighted by Gasteiger charge is -2.37. The SMILES string of the molecule is Cc1cc(N2C[C@@H](C)O[C@@H](C)C2)ccc1NC(=O)N1CCC(NS(=O)(=O)C(C)C)CC1. The minimum absolute atomic E-state index is 0.115. The maximum atomic E-state index is 12.7. The number of sulfonamides is 1. The van der Waals surface area contributed by atoms with Crippen molar-refractivity contribution in [3.8, 4) is 0 Å². The number of urea groups is 1. The number of nitrogens with one attached hydrogen (secondary N) is 2. The Balaban J connectivity index is 1.55. The molecule has 9 heteroatoms. The fourth-order valence-electron chi connectivity index (χ4n) is 4.14. The van der Waals surface area contributed by atoms with Gasteiger partial charge in [-0.05, 0) is 71.2 Å². The molecule has 0 radical (unpaired) electrons. The predicted molar refractivity (Wildman–Crippen MR) is 124 cm³/mol. The Morgan fingerprint density at radius 3 is 2.29 bits per heavy atom. The first kappa shape index (κ1) is 23.8. The van der Waals surface area contributed by atoms with Crippen LogP contribution >= 0.6 is 0 Å². The number of ether oxygens (including phenoxy) is 1. The second-order valence-electron chi connectivity index (χ2n) is 9.06. The Kier molecular flexibility index (Phi) is 7.49. The summed E-state index contributed by atoms with van der Waals surface area (Å²) in [6.07, 6.45) is 1.61. The molecular weight excluding hydrogens is 416 g/mol. The molecule has 0 bridgehead atoms. The standard InChI is InChI=1S/C22H36N4O4S/c1-15(2)31(28,29)24-19-8-10-25(11-9-19)22(27)23-21-7-6-20(12-16(21)3)26-13-17(4)30-18(5)14-26/h6-7,12,15,17-19,24H,8-11,13-14H2,1-5H3,(H,23,27)/t17-,18+. The van der Waals surface area contributed by atoms with Gasteiger partial charge in [-0.1, -0.05) is 0 Å². The summed E-state index contributed by atoms with van der Waals surface area (Å²) >= 11 is 0. The maximum absolute atomic E-state index is 12.7. The third-order valence-electron chi connectivity index (χ3n) is 5.97. The van der Waals surface area contributed by atoms with E-state index in [-0.39, 0.29) is 24.3 Å². The molecule has 2 atom stereocenters. The van der Waals surface area contributed by atoms with E-state index < -0.39 is 15.3 Å². The van der Waals surface area contributed by atoms with Crippen LogP contribution in [0.4, 0.5) is 16.2 Å². The van der Waals surface area contributed by atoms with Gasteiger partial charge in [-0.2, -0.15) is 0 Å². The molecule has 8 nitrogen and oxygen atoms in total. The number of anilines is 2. The van der Waals surface area contributed by atoms with Crippen LogP contribution in [-0.2, 0) is 14.8 Å². The molecule has 31 heavy (non-hydrogen) atoms. The van der Waals surface area contributed by atoms with Gasteiger partial charge in [0.05, 0.1) is 17.5 Å². The zero-order chi connectivity index (χ0) is 22.8. The predicted octanol–water partition coefficient (Wildman–Crippen LogP) is 2.93. The number of nitrogens with zero attached hydrogens (tertiary/aromatic N) is 2. The van der Waals surface area contributed by atoms with E-state index in [2.05, 4.69) is 34.9 Å². The van der Waals surface area contributed by atoms with E-state index in [0.717, 1.165) is 30.0 Å². The van der Waals surface area contributed by atoms with Crippen LogP contribution in [0.2, 0.25) is 0 Å². The van der Waals surface area contributed by atoms with Gasteiger partial charge < -0.3 is 19.9 Å². The number of benzene rings is 1. The molecule has 2 saturated heterocycles. The van der Waals surface area contributed by atoms with Crippen molar-refractivity contribution in [1.29, 1.82) is 0 Å². The molecule has 2 aliphatic rings. The second kappa shape index (κ2) is 9.75. The van der Waals surface area contributed by atoms with Crippen molar-refractivity contribution in [2.24, 2.45) is 0 Å². The Hall–Kier alpha value is -1.84. The lowest BCUT2D eigenvalue weighted by Crippen LogP contribution is -2.48. The molecule has 0 unspecified atom stereocenters. The van der Waals surface area contributed by atoms with Crippen LogP contribution < -0.4 is 14.9 Å². The lowest BCUT2D eigenvalue weighted by molar-refractivity contribution is -0.00522. The summed E-state index contributed by atoms with van der Waals surface area (Å²) in [7, 11) is -3.29. The van der Waals surface area contributed by atoms with Crippen molar-refractivity contribution >= 4 is 27.4 Å². The van der Waals surface area contributed by atoms with Crippen LogP contribution in [0.25, 0.3) is 0 Å². The lowest BCUT2D eigenvalue weighted by atomic mass is 10.1. The number of aryl methyl sites for hydroxylation is 1. The van der Waals surface area contributed by atoms with Gasteiger partial charge in [0.1, 0.15) is 0 Å². The van der Waals surface area contributed by atoms with E-state index >= 15 is 0 Å². The summed E-state index contributed by atoms with van der Waals surface area (Å²) in [6.45, 7) is 12.3. The van der Waals surface area contributed by atoms with Gasteiger partial charge in [-0.25, -0.2) is 17.9 Å². The highest BCUT2D eigenvalue weighted by Crippen LogP contribution is 2.26. The van der Waals surface area contributed by atoms with Gasteiger partial charge in [-0.3, -0.25) is 0 Å². The number of amides is 2. The van der Waals surface area contributed by atoms with E-state index in [1.165, 1.54) is 0 Å². The average molecular weight is 453 g/mol. The van der Waals surface area contributed by atoms with Gasteiger partial charge in [0, 0.05) is 43.6 Å². The van der Waals surface area contributed by atoms with Gasteiger partial charge >= 0.3 is 6.03 Å². The number of piperidine rings is 1. The van der Waals surface area contributed by atoms with Crippen molar-refractivity contribution < 1.29 is 17.9 Å². The molecule has 2 N–H and O–H groups in total. The van der Waals surface area contributed by atoms with Crippen LogP contribution in [0.15, 0.2) is 18.2 Å². The van der Waals surface area contributed by atoms with Crippen LogP contribution in [0.3, 0.4) is 0 Å². The number of morpholine rings is 1. The molecule has 2 amide bonds. The summed E-state index contributed by atoms with van der Waals surface area (Å²) in [5.41, 5.74) is 2.94. The molecule has 2 aliphatic heterocycles. The zero-order valence-electron chi connectivity index (χ0n) is 19.2. The number of carbonyl (C=O) groups is 1. The number of hydrogen-bond acceptors (Lipinski definition) is 5. The fourth-order valence-corrected chi connectivity index (χ4v) is 5.11. The first-order valence-corrected chi connectivity index (χ1v) is 12.7. The molecule has 174 valence electrons. The maximum Gasteiger partial charge on any atom is 0.321 e. The van der Waals surface area contributed by atoms with Gasteiger partial charge in [0.25, 0.3) is 0 Å². The molecule has 0 spiro atoms. The van der Waals surface area contributed by atoms with Crippen LogP contribution in [0.1, 0.15) is 46.1 Å². The highest BCUT2D eigenvalue weighted by atomic mass is 32.2. The minimum Gasteiger partial charge on any atom is -0.372 e. The minimum atomic E-state index is -3.29. The van der Waals surface area contributed by atoms with Crippen molar-refractivity contribution in [3.05, 3.63) is 23.8 Å². The Morgan fingerprint density at radius 2 is 1.74 bits per heavy atom. The molecule has 0 saturated carbocycles. The molecule has 2 fully saturated rings. The third-order valence-corrected chi connectivity index (χ3v) is 7.87. The van der Waals surface area contributed by atoms with Crippen molar-refractivity contribution in [2.75, 3.05) is 36.4 Å². The topological polar surface area (TPSA) is 91.0 Å². The van der Waals surface area contributed by atoms with Gasteiger partial charge in [0.2, 0.25) is 10.0 Å². The molecule has 0 aromatic heterocycles. The smallest absolute Gasteiger partial charge is 0.321 e.